The molecule has 0 spiro atoms. The average Bonchev–Trinajstić information content (AvgIpc) is 3.05. The Balaban J connectivity index is 2.13. The fourth-order valence-corrected chi connectivity index (χ4v) is 3.62. The van der Waals surface area contributed by atoms with Crippen molar-refractivity contribution in [2.45, 2.75) is 19.1 Å². The van der Waals surface area contributed by atoms with Gasteiger partial charge in [-0.2, -0.15) is 13.2 Å². The minimum atomic E-state index is -4.75. The Labute approximate surface area is 161 Å². The molecule has 0 N–H and O–H groups in total. The first-order valence-corrected chi connectivity index (χ1v) is 8.53. The number of imidazole rings is 1. The van der Waals surface area contributed by atoms with Crippen LogP contribution in [0.4, 0.5) is 22.0 Å². The summed E-state index contributed by atoms with van der Waals surface area (Å²) >= 11 is 6.13. The van der Waals surface area contributed by atoms with Gasteiger partial charge in [-0.05, 0) is 31.2 Å². The zero-order valence-electron chi connectivity index (χ0n) is 14.2. The van der Waals surface area contributed by atoms with Gasteiger partial charge in [0.15, 0.2) is 0 Å². The number of rotatable bonds is 1. The van der Waals surface area contributed by atoms with Crippen molar-refractivity contribution in [3.05, 3.63) is 81.9 Å². The molecule has 0 saturated carbocycles. The van der Waals surface area contributed by atoms with E-state index < -0.39 is 40.0 Å². The maximum Gasteiger partial charge on any atom is 0.417 e. The van der Waals surface area contributed by atoms with Crippen LogP contribution in [0.2, 0.25) is 5.02 Å². The maximum atomic E-state index is 14.5. The average molecular weight is 412 g/mol. The largest absolute Gasteiger partial charge is 0.417 e. The molecule has 2 aromatic carbocycles. The second-order valence-electron chi connectivity index (χ2n) is 6.22. The summed E-state index contributed by atoms with van der Waals surface area (Å²) in [7, 11) is 0. The van der Waals surface area contributed by atoms with Crippen LogP contribution >= 0.6 is 11.6 Å². The van der Waals surface area contributed by atoms with E-state index in [4.69, 9.17) is 11.6 Å². The quantitative estimate of drug-likeness (QED) is 0.470. The third-order valence-electron chi connectivity index (χ3n) is 4.49. The van der Waals surface area contributed by atoms with E-state index in [0.29, 0.717) is 5.82 Å². The Kier molecular flexibility index (Phi) is 4.26. The summed E-state index contributed by atoms with van der Waals surface area (Å²) in [5.41, 5.74) is -1.95. The van der Waals surface area contributed by atoms with E-state index >= 15 is 0 Å². The molecule has 2 heterocycles. The van der Waals surface area contributed by atoms with Crippen LogP contribution in [0.1, 0.15) is 35.5 Å². The molecule has 28 heavy (non-hydrogen) atoms. The van der Waals surface area contributed by atoms with Gasteiger partial charge in [0.1, 0.15) is 23.5 Å². The number of aromatic nitrogens is 2. The van der Waals surface area contributed by atoms with Crippen LogP contribution in [0.25, 0.3) is 5.69 Å². The lowest BCUT2D eigenvalue weighted by molar-refractivity contribution is -0.137. The number of hydrogen-bond acceptors (Lipinski definition) is 2. The first kappa shape index (κ1) is 18.6. The monoisotopic (exact) mass is 411 g/mol. The van der Waals surface area contributed by atoms with Crippen molar-refractivity contribution in [1.29, 1.82) is 0 Å². The van der Waals surface area contributed by atoms with Crippen molar-refractivity contribution in [3.63, 3.8) is 0 Å². The number of benzene rings is 2. The Morgan fingerprint density at radius 3 is 2.36 bits per heavy atom. The maximum absolute atomic E-state index is 14.5. The normalized spacial score (nSPS) is 16.2. The topological polar surface area (TPSA) is 30.2 Å². The summed E-state index contributed by atoms with van der Waals surface area (Å²) in [5.74, 6) is -1.50. The Bertz CT molecular complexity index is 1100. The molecule has 1 aliphatic heterocycles. The van der Waals surface area contributed by atoms with Gasteiger partial charge in [-0.15, -0.1) is 0 Å². The van der Waals surface area contributed by atoms with Gasteiger partial charge in [0.25, 0.3) is 0 Å². The summed E-state index contributed by atoms with van der Waals surface area (Å²) < 4.78 is 70.8. The summed E-state index contributed by atoms with van der Waals surface area (Å²) in [6.07, 6.45) is -1.75. The Morgan fingerprint density at radius 1 is 1.04 bits per heavy atom. The van der Waals surface area contributed by atoms with Crippen LogP contribution < -0.4 is 0 Å². The van der Waals surface area contributed by atoms with Crippen LogP contribution in [0.15, 0.2) is 47.7 Å². The van der Waals surface area contributed by atoms with Gasteiger partial charge in [-0.1, -0.05) is 17.7 Å². The zero-order chi connectivity index (χ0) is 20.2. The highest BCUT2D eigenvalue weighted by Crippen LogP contribution is 2.41. The van der Waals surface area contributed by atoms with Crippen LogP contribution in [-0.2, 0) is 6.18 Å². The van der Waals surface area contributed by atoms with Crippen molar-refractivity contribution in [2.24, 2.45) is 4.99 Å². The number of alkyl halides is 3. The van der Waals surface area contributed by atoms with Gasteiger partial charge >= 0.3 is 6.18 Å². The molecular formula is C19H11ClF5N3. The molecular weight excluding hydrogens is 401 g/mol. The van der Waals surface area contributed by atoms with Gasteiger partial charge in [0.05, 0.1) is 27.5 Å². The fourth-order valence-electron chi connectivity index (χ4n) is 3.27. The standard InChI is InChI=1S/C19H11ClF5N3/c1-9-18-26-7-8-28(18)13-6-5-10(19(23,24)25)16(20)15(13)17(27-9)14-11(21)3-2-4-12(14)22/h2-9H,1H3. The molecule has 3 aromatic rings. The lowest BCUT2D eigenvalue weighted by Crippen LogP contribution is -2.15. The minimum absolute atomic E-state index is 0.205. The predicted molar refractivity (Wildman–Crippen MR) is 94.0 cm³/mol. The molecule has 3 nitrogen and oxygen atoms in total. The van der Waals surface area contributed by atoms with E-state index in [1.54, 1.807) is 6.92 Å². The molecule has 0 fully saturated rings. The van der Waals surface area contributed by atoms with Gasteiger partial charge < -0.3 is 4.57 Å². The predicted octanol–water partition coefficient (Wildman–Crippen LogP) is 5.73. The Morgan fingerprint density at radius 2 is 1.71 bits per heavy atom. The highest BCUT2D eigenvalue weighted by Gasteiger charge is 2.37. The number of hydrogen-bond donors (Lipinski definition) is 0. The summed E-state index contributed by atoms with van der Waals surface area (Å²) in [6, 6.07) is 4.53. The minimum Gasteiger partial charge on any atom is -0.301 e. The molecule has 0 aliphatic carbocycles. The van der Waals surface area contributed by atoms with Gasteiger partial charge in [-0.25, -0.2) is 13.8 Å². The van der Waals surface area contributed by atoms with Gasteiger partial charge in [0, 0.05) is 18.0 Å². The summed E-state index contributed by atoms with van der Waals surface area (Å²) in [5, 5.41) is -0.680. The third-order valence-corrected chi connectivity index (χ3v) is 4.88. The highest BCUT2D eigenvalue weighted by atomic mass is 35.5. The summed E-state index contributed by atoms with van der Waals surface area (Å²) in [4.78, 5) is 8.48. The number of fused-ring (bicyclic) bond motifs is 3. The second kappa shape index (κ2) is 6.41. The molecule has 1 atom stereocenters. The van der Waals surface area contributed by atoms with Crippen molar-refractivity contribution in [2.75, 3.05) is 0 Å². The fraction of sp³-hybridized carbons (Fsp3) is 0.158. The zero-order valence-corrected chi connectivity index (χ0v) is 15.0. The molecule has 144 valence electrons. The van der Waals surface area contributed by atoms with E-state index in [2.05, 4.69) is 9.98 Å². The smallest absolute Gasteiger partial charge is 0.301 e. The van der Waals surface area contributed by atoms with Crippen LogP contribution in [0.5, 0.6) is 0 Å². The van der Waals surface area contributed by atoms with Crippen LogP contribution in [-0.4, -0.2) is 15.3 Å². The van der Waals surface area contributed by atoms with E-state index in [-0.39, 0.29) is 17.0 Å². The summed E-state index contributed by atoms with van der Waals surface area (Å²) in [6.45, 7) is 1.63. The van der Waals surface area contributed by atoms with Crippen molar-refractivity contribution in [1.82, 2.24) is 9.55 Å². The van der Waals surface area contributed by atoms with E-state index in [1.165, 1.54) is 23.0 Å². The molecule has 9 heteroatoms. The van der Waals surface area contributed by atoms with Crippen LogP contribution in [0.3, 0.4) is 0 Å². The van der Waals surface area contributed by atoms with Crippen molar-refractivity contribution < 1.29 is 22.0 Å². The lowest BCUT2D eigenvalue weighted by atomic mass is 9.97. The lowest BCUT2D eigenvalue weighted by Gasteiger charge is -2.18. The third kappa shape index (κ3) is 2.79. The Hall–Kier alpha value is -2.74. The van der Waals surface area contributed by atoms with Gasteiger partial charge in [0.2, 0.25) is 0 Å². The van der Waals surface area contributed by atoms with Crippen LogP contribution in [0, 0.1) is 11.6 Å². The first-order valence-electron chi connectivity index (χ1n) is 8.16. The molecule has 1 aromatic heterocycles. The molecule has 0 bridgehead atoms. The molecule has 0 amide bonds. The number of halogens is 6. The first-order chi connectivity index (χ1) is 13.2. The van der Waals surface area contributed by atoms with Crippen molar-refractivity contribution in [3.8, 4) is 5.69 Å². The number of nitrogens with zero attached hydrogens (tertiary/aromatic N) is 3. The molecule has 4 rings (SSSR count). The number of aliphatic imine (C=N–C) groups is 1. The van der Waals surface area contributed by atoms with E-state index in [1.807, 2.05) is 0 Å². The van der Waals surface area contributed by atoms with E-state index in [0.717, 1.165) is 24.3 Å². The highest BCUT2D eigenvalue weighted by molar-refractivity contribution is 6.37. The van der Waals surface area contributed by atoms with E-state index in [9.17, 15) is 22.0 Å². The molecule has 1 unspecified atom stereocenters. The van der Waals surface area contributed by atoms with Gasteiger partial charge in [-0.3, -0.25) is 4.99 Å². The molecule has 0 radical (unpaired) electrons. The molecule has 1 aliphatic rings. The van der Waals surface area contributed by atoms with Crippen molar-refractivity contribution >= 4 is 17.3 Å². The SMILES string of the molecule is CC1N=C(c2c(F)cccc2F)c2c(ccc(C(F)(F)F)c2Cl)-n2ccnc21. The molecule has 0 saturated heterocycles. The second-order valence-corrected chi connectivity index (χ2v) is 6.60.